The van der Waals surface area contributed by atoms with Gasteiger partial charge in [-0.15, -0.1) is 0 Å². The summed E-state index contributed by atoms with van der Waals surface area (Å²) in [6.45, 7) is 7.54. The largest absolute Gasteiger partial charge is 0.481 e. The standard InChI is InChI=1S/C18H21NO4/c1-11-6-5-7-13(8-11)18(3,4)19-17(22)16-12(2)10-23-14(16)9-15(20)21/h5-8,10H,9H2,1-4H3,(H,19,22)(H,20,21). The molecule has 5 nitrogen and oxygen atoms in total. The molecule has 1 amide bonds. The van der Waals surface area contributed by atoms with Gasteiger partial charge in [0.05, 0.1) is 17.4 Å². The van der Waals surface area contributed by atoms with E-state index in [4.69, 9.17) is 9.52 Å². The predicted octanol–water partition coefficient (Wildman–Crippen LogP) is 3.19. The van der Waals surface area contributed by atoms with Crippen LogP contribution in [-0.2, 0) is 16.8 Å². The van der Waals surface area contributed by atoms with E-state index < -0.39 is 11.5 Å². The predicted molar refractivity (Wildman–Crippen MR) is 86.5 cm³/mol. The first kappa shape index (κ1) is 16.8. The van der Waals surface area contributed by atoms with Crippen LogP contribution >= 0.6 is 0 Å². The first-order chi connectivity index (χ1) is 10.7. The number of nitrogens with one attached hydrogen (secondary N) is 1. The highest BCUT2D eigenvalue weighted by Crippen LogP contribution is 2.24. The molecule has 1 aromatic heterocycles. The minimum atomic E-state index is -1.04. The summed E-state index contributed by atoms with van der Waals surface area (Å²) in [5.74, 6) is -1.20. The number of benzene rings is 1. The Bertz CT molecular complexity index is 743. The Balaban J connectivity index is 2.28. The number of carboxylic acid groups (broad SMARTS) is 1. The lowest BCUT2D eigenvalue weighted by atomic mass is 9.92. The van der Waals surface area contributed by atoms with E-state index in [-0.39, 0.29) is 18.1 Å². The van der Waals surface area contributed by atoms with Crippen molar-refractivity contribution in [2.24, 2.45) is 0 Å². The first-order valence-electron chi connectivity index (χ1n) is 7.39. The maximum absolute atomic E-state index is 12.6. The molecule has 0 unspecified atom stereocenters. The topological polar surface area (TPSA) is 79.5 Å². The minimum absolute atomic E-state index is 0.174. The van der Waals surface area contributed by atoms with E-state index in [1.165, 1.54) is 6.26 Å². The van der Waals surface area contributed by atoms with E-state index in [0.29, 0.717) is 11.1 Å². The Kier molecular flexibility index (Phi) is 4.59. The Hall–Kier alpha value is -2.56. The zero-order valence-corrected chi connectivity index (χ0v) is 13.8. The molecule has 122 valence electrons. The molecule has 1 aromatic carbocycles. The number of carbonyl (C=O) groups is 2. The third-order valence-electron chi connectivity index (χ3n) is 3.76. The number of hydrogen-bond acceptors (Lipinski definition) is 3. The van der Waals surface area contributed by atoms with E-state index in [1.54, 1.807) is 6.92 Å². The Morgan fingerprint density at radius 2 is 1.96 bits per heavy atom. The highest BCUT2D eigenvalue weighted by molar-refractivity contribution is 5.97. The Morgan fingerprint density at radius 3 is 2.57 bits per heavy atom. The molecule has 1 heterocycles. The van der Waals surface area contributed by atoms with E-state index in [2.05, 4.69) is 5.32 Å². The third kappa shape index (κ3) is 3.80. The van der Waals surface area contributed by atoms with Gasteiger partial charge in [0.25, 0.3) is 5.91 Å². The van der Waals surface area contributed by atoms with E-state index in [0.717, 1.165) is 11.1 Å². The van der Waals surface area contributed by atoms with Crippen LogP contribution in [0.25, 0.3) is 0 Å². The van der Waals surface area contributed by atoms with Crippen molar-refractivity contribution in [1.82, 2.24) is 5.32 Å². The van der Waals surface area contributed by atoms with Gasteiger partial charge in [0.15, 0.2) is 0 Å². The minimum Gasteiger partial charge on any atom is -0.481 e. The fraction of sp³-hybridized carbons (Fsp3) is 0.333. The number of furan rings is 1. The van der Waals surface area contributed by atoms with E-state index in [1.807, 2.05) is 45.0 Å². The quantitative estimate of drug-likeness (QED) is 0.888. The maximum Gasteiger partial charge on any atom is 0.311 e. The van der Waals surface area contributed by atoms with Crippen LogP contribution in [0.15, 0.2) is 34.9 Å². The van der Waals surface area contributed by atoms with Gasteiger partial charge in [-0.05, 0) is 33.3 Å². The summed E-state index contributed by atoms with van der Waals surface area (Å²) in [6.07, 6.45) is 1.09. The van der Waals surface area contributed by atoms with Crippen LogP contribution in [0.5, 0.6) is 0 Å². The summed E-state index contributed by atoms with van der Waals surface area (Å²) >= 11 is 0. The fourth-order valence-electron chi connectivity index (χ4n) is 2.52. The Labute approximate surface area is 135 Å². The molecular formula is C18H21NO4. The van der Waals surface area contributed by atoms with E-state index >= 15 is 0 Å². The molecule has 0 spiro atoms. The average Bonchev–Trinajstić information content (AvgIpc) is 2.78. The molecule has 0 saturated carbocycles. The molecular weight excluding hydrogens is 294 g/mol. The number of rotatable bonds is 5. The number of hydrogen-bond donors (Lipinski definition) is 2. The van der Waals surface area contributed by atoms with Gasteiger partial charge in [0, 0.05) is 5.56 Å². The van der Waals surface area contributed by atoms with Crippen LogP contribution in [0.2, 0.25) is 0 Å². The molecule has 23 heavy (non-hydrogen) atoms. The van der Waals surface area contributed by atoms with Crippen molar-refractivity contribution in [3.8, 4) is 0 Å². The summed E-state index contributed by atoms with van der Waals surface area (Å²) in [7, 11) is 0. The van der Waals surface area contributed by atoms with Crippen molar-refractivity contribution < 1.29 is 19.1 Å². The lowest BCUT2D eigenvalue weighted by molar-refractivity contribution is -0.136. The van der Waals surface area contributed by atoms with Crippen LogP contribution in [0.4, 0.5) is 0 Å². The summed E-state index contributed by atoms with van der Waals surface area (Å²) in [5.41, 5.74) is 2.42. The number of amides is 1. The van der Waals surface area contributed by atoms with Gasteiger partial charge in [-0.3, -0.25) is 9.59 Å². The van der Waals surface area contributed by atoms with Gasteiger partial charge in [-0.1, -0.05) is 29.8 Å². The number of aliphatic carboxylic acids is 1. The second-order valence-corrected chi connectivity index (χ2v) is 6.24. The van der Waals surface area contributed by atoms with Crippen molar-refractivity contribution in [2.75, 3.05) is 0 Å². The van der Waals surface area contributed by atoms with Gasteiger partial charge >= 0.3 is 5.97 Å². The zero-order chi connectivity index (χ0) is 17.2. The molecule has 5 heteroatoms. The van der Waals surface area contributed by atoms with Crippen molar-refractivity contribution in [2.45, 2.75) is 39.7 Å². The first-order valence-corrected chi connectivity index (χ1v) is 7.39. The number of carboxylic acids is 1. The van der Waals surface area contributed by atoms with Gasteiger partial charge < -0.3 is 14.8 Å². The summed E-state index contributed by atoms with van der Waals surface area (Å²) in [4.78, 5) is 23.5. The Morgan fingerprint density at radius 1 is 1.26 bits per heavy atom. The fourth-order valence-corrected chi connectivity index (χ4v) is 2.52. The normalized spacial score (nSPS) is 11.3. The lowest BCUT2D eigenvalue weighted by Gasteiger charge is -2.27. The second kappa shape index (κ2) is 6.28. The zero-order valence-electron chi connectivity index (χ0n) is 13.8. The highest BCUT2D eigenvalue weighted by Gasteiger charge is 2.27. The van der Waals surface area contributed by atoms with Crippen LogP contribution in [0, 0.1) is 13.8 Å². The smallest absolute Gasteiger partial charge is 0.311 e. The van der Waals surface area contributed by atoms with Crippen molar-refractivity contribution in [3.05, 3.63) is 58.5 Å². The molecule has 2 N–H and O–H groups in total. The molecule has 0 aliphatic heterocycles. The van der Waals surface area contributed by atoms with Crippen molar-refractivity contribution in [3.63, 3.8) is 0 Å². The lowest BCUT2D eigenvalue weighted by Crippen LogP contribution is -2.41. The van der Waals surface area contributed by atoms with Gasteiger partial charge in [0.1, 0.15) is 12.2 Å². The van der Waals surface area contributed by atoms with Crippen LogP contribution in [0.3, 0.4) is 0 Å². The van der Waals surface area contributed by atoms with Crippen LogP contribution in [-0.4, -0.2) is 17.0 Å². The molecule has 0 atom stereocenters. The molecule has 0 bridgehead atoms. The molecule has 0 aliphatic rings. The molecule has 0 radical (unpaired) electrons. The molecule has 2 aromatic rings. The molecule has 2 rings (SSSR count). The van der Waals surface area contributed by atoms with Gasteiger partial charge in [0.2, 0.25) is 0 Å². The van der Waals surface area contributed by atoms with Crippen molar-refractivity contribution in [1.29, 1.82) is 0 Å². The van der Waals surface area contributed by atoms with Crippen LogP contribution in [0.1, 0.15) is 46.7 Å². The SMILES string of the molecule is Cc1cccc(C(C)(C)NC(=O)c2c(C)coc2CC(=O)O)c1. The molecule has 0 fully saturated rings. The summed E-state index contributed by atoms with van der Waals surface area (Å²) < 4.78 is 5.23. The molecule has 0 aliphatic carbocycles. The third-order valence-corrected chi connectivity index (χ3v) is 3.76. The van der Waals surface area contributed by atoms with Gasteiger partial charge in [-0.2, -0.15) is 0 Å². The highest BCUT2D eigenvalue weighted by atomic mass is 16.4. The summed E-state index contributed by atoms with van der Waals surface area (Å²) in [6, 6.07) is 7.90. The maximum atomic E-state index is 12.6. The summed E-state index contributed by atoms with van der Waals surface area (Å²) in [5, 5.41) is 11.9. The van der Waals surface area contributed by atoms with Crippen molar-refractivity contribution >= 4 is 11.9 Å². The van der Waals surface area contributed by atoms with Crippen LogP contribution < -0.4 is 5.32 Å². The molecule has 0 saturated heterocycles. The average molecular weight is 315 g/mol. The second-order valence-electron chi connectivity index (χ2n) is 6.24. The number of aryl methyl sites for hydroxylation is 2. The monoisotopic (exact) mass is 315 g/mol. The number of carbonyl (C=O) groups excluding carboxylic acids is 1. The van der Waals surface area contributed by atoms with Gasteiger partial charge in [-0.25, -0.2) is 0 Å². The van der Waals surface area contributed by atoms with E-state index in [9.17, 15) is 9.59 Å².